The number of carboxylic acid groups (broad SMARTS) is 1. The van der Waals surface area contributed by atoms with Gasteiger partial charge in [0.15, 0.2) is 6.10 Å². The first-order valence-electron chi connectivity index (χ1n) is 16.5. The van der Waals surface area contributed by atoms with E-state index >= 15 is 0 Å². The summed E-state index contributed by atoms with van der Waals surface area (Å²) in [5.41, 5.74) is 0. The summed E-state index contributed by atoms with van der Waals surface area (Å²) in [6.45, 7) is 4.38. The highest BCUT2D eigenvalue weighted by molar-refractivity contribution is 5.71. The second-order valence-corrected chi connectivity index (χ2v) is 12.0. The van der Waals surface area contributed by atoms with Crippen molar-refractivity contribution in [3.63, 3.8) is 0 Å². The number of allylic oxidation sites excluding steroid dienone is 5. The molecular weight excluding hydrogens is 546 g/mol. The van der Waals surface area contributed by atoms with Crippen molar-refractivity contribution >= 4 is 17.9 Å². The fourth-order valence-electron chi connectivity index (χ4n) is 4.48. The van der Waals surface area contributed by atoms with Gasteiger partial charge in [-0.15, -0.1) is 0 Å². The van der Waals surface area contributed by atoms with Crippen molar-refractivity contribution in [3.8, 4) is 0 Å². The first-order valence-corrected chi connectivity index (χ1v) is 16.5. The van der Waals surface area contributed by atoms with Crippen molar-refractivity contribution in [1.29, 1.82) is 0 Å². The number of hydrogen-bond donors (Lipinski definition) is 0. The van der Waals surface area contributed by atoms with Crippen LogP contribution in [0.5, 0.6) is 0 Å². The quantitative estimate of drug-likeness (QED) is 0.0450. The molecule has 0 aliphatic carbocycles. The fraction of sp³-hybridized carbons (Fsp3) is 0.743. The Bertz CT molecular complexity index is 813. The number of carboxylic acids is 1. The molecule has 0 rings (SSSR count). The van der Waals surface area contributed by atoms with Gasteiger partial charge in [0.1, 0.15) is 12.6 Å². The monoisotopic (exact) mass is 607 g/mol. The Morgan fingerprint density at radius 1 is 0.721 bits per heavy atom. The Hall–Kier alpha value is -2.45. The van der Waals surface area contributed by atoms with Crippen molar-refractivity contribution in [1.82, 2.24) is 0 Å². The number of nitrogens with zero attached hydrogens (tertiary/aromatic N) is 1. The Balaban J connectivity index is 4.61. The standard InChI is InChI=1S/C35H61NO7/c1-6-8-10-12-14-16-18-20-22-24-26-34(38)43-31(29-41-28-27-32(35(39)40)36(3,4)5)30-42-33(37)25-23-21-19-17-15-13-11-9-7-2/h9,11,15,17,21,23,31-32H,6-8,10,12-14,16,18-20,22,24-30H2,1-5H3/b11-9+,17-15+,23-21+. The maximum Gasteiger partial charge on any atom is 0.309 e. The number of rotatable bonds is 28. The first kappa shape index (κ1) is 40.5. The molecule has 0 spiro atoms. The third kappa shape index (κ3) is 25.7. The molecule has 0 fully saturated rings. The van der Waals surface area contributed by atoms with Gasteiger partial charge >= 0.3 is 11.9 Å². The predicted molar refractivity (Wildman–Crippen MR) is 171 cm³/mol. The smallest absolute Gasteiger partial charge is 0.309 e. The lowest BCUT2D eigenvalue weighted by Gasteiger charge is -2.34. The summed E-state index contributed by atoms with van der Waals surface area (Å²) in [6.07, 6.45) is 26.4. The van der Waals surface area contributed by atoms with Crippen molar-refractivity contribution < 1.29 is 38.2 Å². The Labute approximate surface area is 262 Å². The summed E-state index contributed by atoms with van der Waals surface area (Å²) < 4.78 is 16.9. The molecule has 0 aromatic rings. The minimum Gasteiger partial charge on any atom is -0.544 e. The van der Waals surface area contributed by atoms with Gasteiger partial charge in [-0.05, 0) is 25.7 Å². The van der Waals surface area contributed by atoms with E-state index < -0.39 is 24.1 Å². The van der Waals surface area contributed by atoms with Gasteiger partial charge in [-0.1, -0.05) is 108 Å². The zero-order valence-electron chi connectivity index (χ0n) is 27.9. The predicted octanol–water partition coefficient (Wildman–Crippen LogP) is 6.23. The molecule has 0 saturated carbocycles. The van der Waals surface area contributed by atoms with E-state index in [1.54, 1.807) is 27.2 Å². The Morgan fingerprint density at radius 2 is 1.28 bits per heavy atom. The highest BCUT2D eigenvalue weighted by Crippen LogP contribution is 2.12. The van der Waals surface area contributed by atoms with Crippen molar-refractivity contribution in [2.45, 2.75) is 129 Å². The lowest BCUT2D eigenvalue weighted by atomic mass is 10.1. The molecule has 0 saturated heterocycles. The van der Waals surface area contributed by atoms with Gasteiger partial charge in [-0.25, -0.2) is 0 Å². The number of esters is 2. The van der Waals surface area contributed by atoms with E-state index in [0.29, 0.717) is 6.42 Å². The summed E-state index contributed by atoms with van der Waals surface area (Å²) in [6, 6.07) is -0.732. The lowest BCUT2D eigenvalue weighted by molar-refractivity contribution is -0.889. The van der Waals surface area contributed by atoms with Crippen molar-refractivity contribution in [2.75, 3.05) is 41.0 Å². The van der Waals surface area contributed by atoms with Gasteiger partial charge in [0, 0.05) is 12.8 Å². The number of hydrogen-bond acceptors (Lipinski definition) is 7. The van der Waals surface area contributed by atoms with Crippen LogP contribution in [-0.4, -0.2) is 75.5 Å². The minimum absolute atomic E-state index is 0.0150. The number of ether oxygens (including phenoxy) is 3. The van der Waals surface area contributed by atoms with E-state index in [2.05, 4.69) is 32.1 Å². The molecule has 8 nitrogen and oxygen atoms in total. The molecule has 248 valence electrons. The van der Waals surface area contributed by atoms with E-state index in [0.717, 1.165) is 38.5 Å². The number of likely N-dealkylation sites (N-methyl/N-ethyl adjacent to an activating group) is 1. The molecule has 0 bridgehead atoms. The van der Waals surface area contributed by atoms with E-state index in [9.17, 15) is 19.5 Å². The molecule has 0 amide bonds. The number of aliphatic carboxylic acids is 1. The molecule has 0 N–H and O–H groups in total. The van der Waals surface area contributed by atoms with E-state index in [-0.39, 0.29) is 43.1 Å². The van der Waals surface area contributed by atoms with Crippen molar-refractivity contribution in [3.05, 3.63) is 36.5 Å². The number of carbonyl (C=O) groups is 3. The molecule has 8 heteroatoms. The minimum atomic E-state index is -1.14. The zero-order valence-corrected chi connectivity index (χ0v) is 27.9. The van der Waals surface area contributed by atoms with Crippen LogP contribution in [0.1, 0.15) is 117 Å². The number of carbonyl (C=O) groups excluding carboxylic acids is 3. The largest absolute Gasteiger partial charge is 0.544 e. The molecule has 2 atom stereocenters. The average molecular weight is 608 g/mol. The van der Waals surface area contributed by atoms with Crippen LogP contribution >= 0.6 is 0 Å². The molecule has 0 aliphatic heterocycles. The molecule has 0 aromatic carbocycles. The Kier molecular flexibility index (Phi) is 25.6. The molecular formula is C35H61NO7. The van der Waals surface area contributed by atoms with Crippen LogP contribution in [0.25, 0.3) is 0 Å². The fourth-order valence-corrected chi connectivity index (χ4v) is 4.48. The van der Waals surface area contributed by atoms with Crippen LogP contribution in [-0.2, 0) is 28.6 Å². The van der Waals surface area contributed by atoms with E-state index in [1.807, 2.05) is 12.2 Å². The van der Waals surface area contributed by atoms with Gasteiger partial charge in [-0.3, -0.25) is 9.59 Å². The van der Waals surface area contributed by atoms with Gasteiger partial charge in [0.2, 0.25) is 0 Å². The molecule has 43 heavy (non-hydrogen) atoms. The maximum atomic E-state index is 12.5. The van der Waals surface area contributed by atoms with Crippen LogP contribution in [0.2, 0.25) is 0 Å². The lowest BCUT2D eigenvalue weighted by Crippen LogP contribution is -2.55. The molecule has 2 unspecified atom stereocenters. The number of quaternary nitrogens is 1. The third-order valence-corrected chi connectivity index (χ3v) is 7.07. The second kappa shape index (κ2) is 27.1. The van der Waals surface area contributed by atoms with E-state index in [4.69, 9.17) is 14.2 Å². The second-order valence-electron chi connectivity index (χ2n) is 12.0. The number of unbranched alkanes of at least 4 members (excludes halogenated alkanes) is 9. The zero-order chi connectivity index (χ0) is 32.2. The highest BCUT2D eigenvalue weighted by Gasteiger charge is 2.25. The Morgan fingerprint density at radius 3 is 1.84 bits per heavy atom. The molecule has 0 aromatic heterocycles. The van der Waals surface area contributed by atoms with Crippen LogP contribution in [0.3, 0.4) is 0 Å². The topological polar surface area (TPSA) is 102 Å². The third-order valence-electron chi connectivity index (χ3n) is 7.07. The molecule has 0 aliphatic rings. The van der Waals surface area contributed by atoms with Crippen LogP contribution in [0.4, 0.5) is 0 Å². The van der Waals surface area contributed by atoms with Crippen LogP contribution in [0.15, 0.2) is 36.5 Å². The van der Waals surface area contributed by atoms with Gasteiger partial charge < -0.3 is 28.6 Å². The van der Waals surface area contributed by atoms with Gasteiger partial charge in [0.25, 0.3) is 0 Å². The average Bonchev–Trinajstić information content (AvgIpc) is 2.94. The van der Waals surface area contributed by atoms with Gasteiger partial charge in [-0.2, -0.15) is 0 Å². The SMILES string of the molecule is CC/C=C/C/C=C/C/C=C/CC(=O)OCC(COCCC(C(=O)[O-])[N+](C)(C)C)OC(=O)CCCCCCCCCCCC. The van der Waals surface area contributed by atoms with Crippen LogP contribution in [0, 0.1) is 0 Å². The summed E-state index contributed by atoms with van der Waals surface area (Å²) in [4.78, 5) is 36.3. The van der Waals surface area contributed by atoms with E-state index in [1.165, 1.54) is 44.9 Å². The summed E-state index contributed by atoms with van der Waals surface area (Å²) in [5, 5.41) is 11.5. The summed E-state index contributed by atoms with van der Waals surface area (Å²) >= 11 is 0. The molecule has 0 radical (unpaired) electrons. The van der Waals surface area contributed by atoms with Crippen molar-refractivity contribution in [2.24, 2.45) is 0 Å². The first-order chi connectivity index (χ1) is 20.6. The summed E-state index contributed by atoms with van der Waals surface area (Å²) in [7, 11) is 5.36. The highest BCUT2D eigenvalue weighted by atomic mass is 16.6. The molecule has 0 heterocycles. The van der Waals surface area contributed by atoms with Gasteiger partial charge in [0.05, 0.1) is 46.7 Å². The maximum absolute atomic E-state index is 12.5. The normalized spacial score (nSPS) is 13.6. The summed E-state index contributed by atoms with van der Waals surface area (Å²) in [5.74, 6) is -1.89. The van der Waals surface area contributed by atoms with Crippen LogP contribution < -0.4 is 5.11 Å².